The van der Waals surface area contributed by atoms with Gasteiger partial charge in [-0.25, -0.2) is 14.8 Å². The van der Waals surface area contributed by atoms with Crippen molar-refractivity contribution >= 4 is 51.5 Å². The Morgan fingerprint density at radius 3 is 2.89 bits per heavy atom. The number of aromatic nitrogens is 3. The number of nitrogens with zero attached hydrogens (tertiary/aromatic N) is 3. The van der Waals surface area contributed by atoms with E-state index in [4.69, 9.17) is 23.2 Å². The Balaban J connectivity index is 2.21. The lowest BCUT2D eigenvalue weighted by Crippen LogP contribution is -1.97. The molecule has 0 fully saturated rings. The number of ether oxygens (including phenoxy) is 1. The molecule has 0 atom stereocenters. The van der Waals surface area contributed by atoms with Gasteiger partial charge >= 0.3 is 5.97 Å². The molecule has 2 aromatic heterocycles. The van der Waals surface area contributed by atoms with E-state index in [0.717, 1.165) is 11.3 Å². The lowest BCUT2D eigenvalue weighted by atomic mass is 10.6. The molecule has 2 aromatic rings. The Kier molecular flexibility index (Phi) is 3.95. The van der Waals surface area contributed by atoms with Gasteiger partial charge in [0.2, 0.25) is 5.28 Å². The van der Waals surface area contributed by atoms with Crippen molar-refractivity contribution in [2.45, 2.75) is 0 Å². The molecular formula is C9H6Cl2N4O2S. The number of hydrogen-bond donors (Lipinski definition) is 1. The molecule has 1 N–H and O–H groups in total. The highest BCUT2D eigenvalue weighted by Gasteiger charge is 2.12. The van der Waals surface area contributed by atoms with Crippen LogP contribution in [0.3, 0.4) is 0 Å². The molecule has 2 rings (SSSR count). The highest BCUT2D eigenvalue weighted by molar-refractivity contribution is 7.17. The van der Waals surface area contributed by atoms with Gasteiger partial charge in [-0.3, -0.25) is 0 Å². The lowest BCUT2D eigenvalue weighted by Gasteiger charge is -2.03. The van der Waals surface area contributed by atoms with E-state index in [0.29, 0.717) is 20.8 Å². The van der Waals surface area contributed by atoms with Gasteiger partial charge in [-0.05, 0) is 11.6 Å². The van der Waals surface area contributed by atoms with E-state index < -0.39 is 5.97 Å². The third-order valence-electron chi connectivity index (χ3n) is 1.83. The summed E-state index contributed by atoms with van der Waals surface area (Å²) in [5, 5.41) is 3.66. The fourth-order valence-corrected chi connectivity index (χ4v) is 2.07. The van der Waals surface area contributed by atoms with E-state index >= 15 is 0 Å². The molecule has 0 aliphatic rings. The maximum Gasteiger partial charge on any atom is 0.349 e. The first-order valence-corrected chi connectivity index (χ1v) is 6.16. The van der Waals surface area contributed by atoms with Crippen LogP contribution in [0, 0.1) is 0 Å². The van der Waals surface area contributed by atoms with Gasteiger partial charge in [-0.1, -0.05) is 22.9 Å². The van der Waals surface area contributed by atoms with Gasteiger partial charge < -0.3 is 10.1 Å². The summed E-state index contributed by atoms with van der Waals surface area (Å²) in [4.78, 5) is 23.2. The van der Waals surface area contributed by atoms with Crippen molar-refractivity contribution in [1.29, 1.82) is 0 Å². The maximum absolute atomic E-state index is 11.2. The number of anilines is 2. The van der Waals surface area contributed by atoms with Crippen LogP contribution in [0.25, 0.3) is 0 Å². The summed E-state index contributed by atoms with van der Waals surface area (Å²) in [6.07, 6.45) is 2.77. The largest absolute Gasteiger partial charge is 0.465 e. The minimum absolute atomic E-state index is 0.0617. The molecule has 94 valence electrons. The second kappa shape index (κ2) is 5.47. The van der Waals surface area contributed by atoms with Crippen LogP contribution in [-0.4, -0.2) is 28.0 Å². The molecule has 0 radical (unpaired) electrons. The minimum Gasteiger partial charge on any atom is -0.465 e. The molecule has 0 aliphatic heterocycles. The smallest absolute Gasteiger partial charge is 0.349 e. The fourth-order valence-electron chi connectivity index (χ4n) is 1.06. The first-order chi connectivity index (χ1) is 8.60. The van der Waals surface area contributed by atoms with Crippen LogP contribution in [0.2, 0.25) is 10.3 Å². The van der Waals surface area contributed by atoms with E-state index in [2.05, 4.69) is 25.0 Å². The zero-order chi connectivity index (χ0) is 13.1. The lowest BCUT2D eigenvalue weighted by molar-refractivity contribution is 0.0606. The standard InChI is InChI=1S/C9H6Cl2N4O2S/c1-17-7(16)5-3-13-9(18-5)15-6-4(10)2-12-8(11)14-6/h2-3H,1H3,(H,12,13,14,15). The van der Waals surface area contributed by atoms with Crippen molar-refractivity contribution in [2.24, 2.45) is 0 Å². The minimum atomic E-state index is -0.452. The van der Waals surface area contributed by atoms with Crippen molar-refractivity contribution in [2.75, 3.05) is 12.4 Å². The normalized spacial score (nSPS) is 10.2. The van der Waals surface area contributed by atoms with E-state index in [-0.39, 0.29) is 5.28 Å². The third kappa shape index (κ3) is 2.87. The van der Waals surface area contributed by atoms with E-state index in [1.54, 1.807) is 0 Å². The molecule has 0 saturated heterocycles. The van der Waals surface area contributed by atoms with Gasteiger partial charge in [-0.2, -0.15) is 4.98 Å². The first-order valence-electron chi connectivity index (χ1n) is 4.59. The topological polar surface area (TPSA) is 77.0 Å². The van der Waals surface area contributed by atoms with Gasteiger partial charge in [0.15, 0.2) is 10.9 Å². The highest BCUT2D eigenvalue weighted by Crippen LogP contribution is 2.26. The molecule has 9 heteroatoms. The molecule has 0 unspecified atom stereocenters. The average Bonchev–Trinajstić information content (AvgIpc) is 2.81. The molecule has 0 aliphatic carbocycles. The van der Waals surface area contributed by atoms with Gasteiger partial charge in [0.05, 0.1) is 19.5 Å². The van der Waals surface area contributed by atoms with Crippen molar-refractivity contribution in [1.82, 2.24) is 15.0 Å². The summed E-state index contributed by atoms with van der Waals surface area (Å²) in [6.45, 7) is 0. The highest BCUT2D eigenvalue weighted by atomic mass is 35.5. The monoisotopic (exact) mass is 304 g/mol. The fraction of sp³-hybridized carbons (Fsp3) is 0.111. The predicted octanol–water partition coefficient (Wildman–Crippen LogP) is 2.77. The van der Waals surface area contributed by atoms with Crippen molar-refractivity contribution in [3.8, 4) is 0 Å². The van der Waals surface area contributed by atoms with Crippen LogP contribution >= 0.6 is 34.5 Å². The number of nitrogens with one attached hydrogen (secondary N) is 1. The molecule has 6 nitrogen and oxygen atoms in total. The zero-order valence-electron chi connectivity index (χ0n) is 8.98. The number of carbonyl (C=O) groups is 1. The van der Waals surface area contributed by atoms with Crippen LogP contribution in [-0.2, 0) is 4.74 Å². The van der Waals surface area contributed by atoms with Crippen LogP contribution in [0.4, 0.5) is 10.9 Å². The van der Waals surface area contributed by atoms with Crippen molar-refractivity contribution in [3.63, 3.8) is 0 Å². The molecule has 0 spiro atoms. The Labute approximate surface area is 116 Å². The van der Waals surface area contributed by atoms with Gasteiger partial charge in [0.25, 0.3) is 0 Å². The Morgan fingerprint density at radius 1 is 1.39 bits per heavy atom. The SMILES string of the molecule is COC(=O)c1cnc(Nc2nc(Cl)ncc2Cl)s1. The number of thiazole rings is 1. The third-order valence-corrected chi connectivity index (χ3v) is 3.18. The van der Waals surface area contributed by atoms with Gasteiger partial charge in [-0.15, -0.1) is 0 Å². The molecule has 0 aromatic carbocycles. The molecule has 0 bridgehead atoms. The van der Waals surface area contributed by atoms with Crippen molar-refractivity contribution < 1.29 is 9.53 Å². The molecule has 2 heterocycles. The second-order valence-corrected chi connectivity index (χ2v) is 4.76. The molecule has 0 amide bonds. The van der Waals surface area contributed by atoms with E-state index in [9.17, 15) is 4.79 Å². The van der Waals surface area contributed by atoms with Crippen LogP contribution < -0.4 is 5.32 Å². The Bertz CT molecular complexity index is 590. The first kappa shape index (κ1) is 13.0. The molecular weight excluding hydrogens is 299 g/mol. The van der Waals surface area contributed by atoms with Gasteiger partial charge in [0, 0.05) is 0 Å². The zero-order valence-corrected chi connectivity index (χ0v) is 11.3. The number of halogens is 2. The van der Waals surface area contributed by atoms with Gasteiger partial charge in [0.1, 0.15) is 9.90 Å². The van der Waals surface area contributed by atoms with Crippen LogP contribution in [0.5, 0.6) is 0 Å². The summed E-state index contributed by atoms with van der Waals surface area (Å²) in [5.74, 6) is -0.130. The predicted molar refractivity (Wildman–Crippen MR) is 68.8 cm³/mol. The Hall–Kier alpha value is -1.44. The summed E-state index contributed by atoms with van der Waals surface area (Å²) in [7, 11) is 1.30. The number of rotatable bonds is 3. The second-order valence-electron chi connectivity index (χ2n) is 2.98. The number of carbonyl (C=O) groups excluding carboxylic acids is 1. The summed E-state index contributed by atoms with van der Waals surface area (Å²) in [6, 6.07) is 0. The maximum atomic E-state index is 11.2. The van der Waals surface area contributed by atoms with E-state index in [1.807, 2.05) is 0 Å². The Morgan fingerprint density at radius 2 is 2.17 bits per heavy atom. The van der Waals surface area contributed by atoms with Crippen molar-refractivity contribution in [3.05, 3.63) is 27.6 Å². The average molecular weight is 305 g/mol. The van der Waals surface area contributed by atoms with Crippen LogP contribution in [0.15, 0.2) is 12.4 Å². The number of methoxy groups -OCH3 is 1. The quantitative estimate of drug-likeness (QED) is 0.694. The summed E-state index contributed by atoms with van der Waals surface area (Å²) >= 11 is 12.6. The molecule has 18 heavy (non-hydrogen) atoms. The number of esters is 1. The summed E-state index contributed by atoms with van der Waals surface area (Å²) in [5.41, 5.74) is 0. The van der Waals surface area contributed by atoms with Crippen LogP contribution in [0.1, 0.15) is 9.67 Å². The number of hydrogen-bond acceptors (Lipinski definition) is 7. The molecule has 0 saturated carbocycles. The summed E-state index contributed by atoms with van der Waals surface area (Å²) < 4.78 is 4.57. The van der Waals surface area contributed by atoms with E-state index in [1.165, 1.54) is 19.5 Å².